The molecule has 0 spiro atoms. The van der Waals surface area contributed by atoms with Crippen LogP contribution in [0.25, 0.3) is 0 Å². The van der Waals surface area contributed by atoms with Gasteiger partial charge in [-0.2, -0.15) is 4.98 Å². The molecule has 0 radical (unpaired) electrons. The van der Waals surface area contributed by atoms with E-state index in [1.165, 1.54) is 0 Å². The zero-order chi connectivity index (χ0) is 10.7. The minimum absolute atomic E-state index is 0.117. The maximum Gasteiger partial charge on any atom is 0.292 e. The van der Waals surface area contributed by atoms with E-state index in [1.807, 2.05) is 0 Å². The van der Waals surface area contributed by atoms with Crippen LogP contribution in [-0.4, -0.2) is 35.2 Å². The van der Waals surface area contributed by atoms with Crippen molar-refractivity contribution < 1.29 is 9.32 Å². The molecule has 0 bridgehead atoms. The lowest BCUT2D eigenvalue weighted by molar-refractivity contribution is 0.0916. The normalized spacial score (nSPS) is 17.7. The Labute approximate surface area is 87.4 Å². The van der Waals surface area contributed by atoms with E-state index in [2.05, 4.69) is 20.8 Å². The molecular weight excluding hydrogens is 196 g/mol. The van der Waals surface area contributed by atoms with Crippen molar-refractivity contribution in [2.45, 2.75) is 25.8 Å². The Morgan fingerprint density at radius 1 is 1.53 bits per heavy atom. The van der Waals surface area contributed by atoms with Crippen LogP contribution in [0.3, 0.4) is 0 Å². The fourth-order valence-electron chi connectivity index (χ4n) is 1.61. The van der Waals surface area contributed by atoms with Crippen molar-refractivity contribution in [1.29, 1.82) is 0 Å². The minimum Gasteiger partial charge on any atom is -0.346 e. The molecule has 15 heavy (non-hydrogen) atoms. The molecule has 0 saturated carbocycles. The second-order valence-electron chi connectivity index (χ2n) is 3.63. The number of rotatable bonds is 2. The first-order valence-corrected chi connectivity index (χ1v) is 5.07. The van der Waals surface area contributed by atoms with Crippen molar-refractivity contribution in [2.75, 3.05) is 13.1 Å². The van der Waals surface area contributed by atoms with Crippen LogP contribution in [0.1, 0.15) is 29.4 Å². The van der Waals surface area contributed by atoms with Gasteiger partial charge in [-0.25, -0.2) is 0 Å². The molecule has 0 unspecified atom stereocenters. The van der Waals surface area contributed by atoms with E-state index in [0.29, 0.717) is 5.89 Å². The number of carbonyl (C=O) groups excluding carboxylic acids is 1. The maximum atomic E-state index is 11.6. The van der Waals surface area contributed by atoms with Gasteiger partial charge in [0.1, 0.15) is 0 Å². The summed E-state index contributed by atoms with van der Waals surface area (Å²) in [6, 6.07) is 0.220. The van der Waals surface area contributed by atoms with E-state index in [0.717, 1.165) is 25.9 Å². The van der Waals surface area contributed by atoms with Gasteiger partial charge >= 0.3 is 0 Å². The predicted octanol–water partition coefficient (Wildman–Crippen LogP) is -0.140. The summed E-state index contributed by atoms with van der Waals surface area (Å²) in [6.45, 7) is 3.54. The Balaban J connectivity index is 1.91. The van der Waals surface area contributed by atoms with Crippen LogP contribution in [0.5, 0.6) is 0 Å². The summed E-state index contributed by atoms with van der Waals surface area (Å²) >= 11 is 0. The highest BCUT2D eigenvalue weighted by atomic mass is 16.5. The summed E-state index contributed by atoms with van der Waals surface area (Å²) < 4.78 is 4.74. The van der Waals surface area contributed by atoms with Crippen LogP contribution in [0, 0.1) is 6.92 Å². The van der Waals surface area contributed by atoms with Crippen LogP contribution in [0.15, 0.2) is 4.52 Å². The molecule has 0 aromatic carbocycles. The fourth-order valence-corrected chi connectivity index (χ4v) is 1.61. The molecule has 1 saturated heterocycles. The number of hydrogen-bond donors (Lipinski definition) is 2. The van der Waals surface area contributed by atoms with Gasteiger partial charge in [-0.15, -0.1) is 0 Å². The molecule has 1 fully saturated rings. The Bertz CT molecular complexity index is 344. The molecule has 2 rings (SSSR count). The number of hydrogen-bond acceptors (Lipinski definition) is 5. The highest BCUT2D eigenvalue weighted by Gasteiger charge is 2.19. The van der Waals surface area contributed by atoms with Crippen LogP contribution in [-0.2, 0) is 0 Å². The summed E-state index contributed by atoms with van der Waals surface area (Å²) in [6.07, 6.45) is 1.89. The average Bonchev–Trinajstić information content (AvgIpc) is 2.66. The van der Waals surface area contributed by atoms with Crippen molar-refractivity contribution in [1.82, 2.24) is 20.8 Å². The molecule has 1 aliphatic heterocycles. The molecule has 1 amide bonds. The maximum absolute atomic E-state index is 11.6. The lowest BCUT2D eigenvalue weighted by atomic mass is 10.1. The van der Waals surface area contributed by atoms with Crippen molar-refractivity contribution in [3.8, 4) is 0 Å². The van der Waals surface area contributed by atoms with Crippen LogP contribution in [0.4, 0.5) is 0 Å². The van der Waals surface area contributed by atoms with Gasteiger partial charge in [-0.3, -0.25) is 4.79 Å². The largest absolute Gasteiger partial charge is 0.346 e. The van der Waals surface area contributed by atoms with Gasteiger partial charge in [-0.1, -0.05) is 5.16 Å². The molecule has 82 valence electrons. The molecule has 0 aliphatic carbocycles. The van der Waals surface area contributed by atoms with Crippen molar-refractivity contribution in [2.24, 2.45) is 0 Å². The number of aromatic nitrogens is 2. The molecule has 1 aliphatic rings. The second-order valence-corrected chi connectivity index (χ2v) is 3.63. The Morgan fingerprint density at radius 2 is 2.27 bits per heavy atom. The third kappa shape index (κ3) is 2.53. The first-order chi connectivity index (χ1) is 7.25. The van der Waals surface area contributed by atoms with Gasteiger partial charge in [0, 0.05) is 13.0 Å². The van der Waals surface area contributed by atoms with Crippen molar-refractivity contribution in [3.05, 3.63) is 11.7 Å². The lowest BCUT2D eigenvalue weighted by Crippen LogP contribution is -2.43. The zero-order valence-corrected chi connectivity index (χ0v) is 8.62. The Hall–Kier alpha value is -1.43. The van der Waals surface area contributed by atoms with Gasteiger partial charge in [0.05, 0.1) is 0 Å². The Morgan fingerprint density at radius 3 is 2.87 bits per heavy atom. The number of carbonyl (C=O) groups is 1. The van der Waals surface area contributed by atoms with Crippen LogP contribution in [0.2, 0.25) is 0 Å². The smallest absolute Gasteiger partial charge is 0.292 e. The second kappa shape index (κ2) is 4.39. The number of piperidine rings is 1. The molecule has 2 N–H and O–H groups in total. The van der Waals surface area contributed by atoms with Crippen LogP contribution < -0.4 is 10.6 Å². The summed E-state index contributed by atoms with van der Waals surface area (Å²) in [5.41, 5.74) is 0. The van der Waals surface area contributed by atoms with Gasteiger partial charge in [0.2, 0.25) is 5.89 Å². The molecule has 0 atom stereocenters. The number of amides is 1. The number of nitrogens with one attached hydrogen (secondary N) is 2. The molecule has 1 aromatic heterocycles. The molecular formula is C9H14N4O2. The SMILES string of the molecule is Cc1nc(C(=O)NC2CCNCC2)no1. The van der Waals surface area contributed by atoms with Crippen molar-refractivity contribution >= 4 is 5.91 Å². The first kappa shape index (κ1) is 10.1. The monoisotopic (exact) mass is 210 g/mol. The van der Waals surface area contributed by atoms with E-state index in [1.54, 1.807) is 6.92 Å². The number of aryl methyl sites for hydroxylation is 1. The van der Waals surface area contributed by atoms with Gasteiger partial charge < -0.3 is 15.2 Å². The van der Waals surface area contributed by atoms with E-state index in [-0.39, 0.29) is 17.8 Å². The Kier molecular flexibility index (Phi) is 2.96. The van der Waals surface area contributed by atoms with Gasteiger partial charge in [0.25, 0.3) is 11.7 Å². The molecule has 6 nitrogen and oxygen atoms in total. The quantitative estimate of drug-likeness (QED) is 0.710. The topological polar surface area (TPSA) is 80.0 Å². The fraction of sp³-hybridized carbons (Fsp3) is 0.667. The summed E-state index contributed by atoms with van der Waals surface area (Å²) in [7, 11) is 0. The summed E-state index contributed by atoms with van der Waals surface area (Å²) in [4.78, 5) is 15.5. The minimum atomic E-state index is -0.251. The number of nitrogens with zero attached hydrogens (tertiary/aromatic N) is 2. The van der Waals surface area contributed by atoms with E-state index in [4.69, 9.17) is 4.52 Å². The molecule has 6 heteroatoms. The van der Waals surface area contributed by atoms with E-state index in [9.17, 15) is 4.79 Å². The van der Waals surface area contributed by atoms with Gasteiger partial charge in [0.15, 0.2) is 0 Å². The van der Waals surface area contributed by atoms with Crippen LogP contribution >= 0.6 is 0 Å². The molecule has 1 aromatic rings. The van der Waals surface area contributed by atoms with Crippen molar-refractivity contribution in [3.63, 3.8) is 0 Å². The highest BCUT2D eigenvalue weighted by Crippen LogP contribution is 2.03. The lowest BCUT2D eigenvalue weighted by Gasteiger charge is -2.22. The van der Waals surface area contributed by atoms with Gasteiger partial charge in [-0.05, 0) is 25.9 Å². The van der Waals surface area contributed by atoms with E-state index >= 15 is 0 Å². The third-order valence-electron chi connectivity index (χ3n) is 2.41. The molecule has 2 heterocycles. The van der Waals surface area contributed by atoms with E-state index < -0.39 is 0 Å². The predicted molar refractivity (Wildman–Crippen MR) is 52.4 cm³/mol. The average molecular weight is 210 g/mol. The zero-order valence-electron chi connectivity index (χ0n) is 8.62. The summed E-state index contributed by atoms with van der Waals surface area (Å²) in [5.74, 6) is 0.273. The summed E-state index contributed by atoms with van der Waals surface area (Å²) in [5, 5.41) is 9.68. The standard InChI is InChI=1S/C9H14N4O2/c1-6-11-8(13-15-6)9(14)12-7-2-4-10-5-3-7/h7,10H,2-5H2,1H3,(H,12,14). The first-order valence-electron chi connectivity index (χ1n) is 5.07. The third-order valence-corrected chi connectivity index (χ3v) is 2.41. The highest BCUT2D eigenvalue weighted by molar-refractivity contribution is 5.90.